The number of benzene rings is 3. The summed E-state index contributed by atoms with van der Waals surface area (Å²) in [5.74, 6) is 3.11. The molecule has 1 spiro atoms. The minimum Gasteiger partial charge on any atom is -0.493 e. The number of hydrogen-bond donors (Lipinski definition) is 0. The highest BCUT2D eigenvalue weighted by Crippen LogP contribution is 2.42. The first kappa shape index (κ1) is 27.6. The summed E-state index contributed by atoms with van der Waals surface area (Å²) in [5, 5.41) is 4.56. The van der Waals surface area contributed by atoms with Crippen molar-refractivity contribution in [3.8, 4) is 22.6 Å². The Morgan fingerprint density at radius 3 is 2.20 bits per heavy atom. The number of hydrogen-bond acceptors (Lipinski definition) is 6. The van der Waals surface area contributed by atoms with Gasteiger partial charge in [0, 0.05) is 32.7 Å². The molecule has 3 aliphatic heterocycles. The van der Waals surface area contributed by atoms with Gasteiger partial charge in [0.05, 0.1) is 25.2 Å². The summed E-state index contributed by atoms with van der Waals surface area (Å²) in [6, 6.07) is 21.5. The first-order chi connectivity index (χ1) is 20.0. The SMILES string of the molecule is CCOc1cc(CN2CC3(CC(N4CCC(Cc5ccccc5)CC4)=NO3)C2)cc(OCC)c1-c1ccc(F)cc1. The van der Waals surface area contributed by atoms with E-state index in [1.165, 1.54) is 30.5 Å². The largest absolute Gasteiger partial charge is 0.493 e. The molecular weight excluding hydrogens is 517 g/mol. The van der Waals surface area contributed by atoms with Gasteiger partial charge in [-0.3, -0.25) is 4.90 Å². The van der Waals surface area contributed by atoms with E-state index < -0.39 is 0 Å². The second-order valence-corrected chi connectivity index (χ2v) is 11.6. The molecular formula is C34H40FN3O3. The number of amidine groups is 1. The Bertz CT molecular complexity index is 1320. The fourth-order valence-corrected chi connectivity index (χ4v) is 6.50. The molecule has 0 aliphatic carbocycles. The molecule has 3 heterocycles. The maximum atomic E-state index is 13.6. The molecule has 0 saturated carbocycles. The van der Waals surface area contributed by atoms with E-state index in [1.807, 2.05) is 13.8 Å². The van der Waals surface area contributed by atoms with Crippen LogP contribution >= 0.6 is 0 Å². The second-order valence-electron chi connectivity index (χ2n) is 11.6. The van der Waals surface area contributed by atoms with Gasteiger partial charge in [-0.15, -0.1) is 0 Å². The van der Waals surface area contributed by atoms with E-state index >= 15 is 0 Å². The van der Waals surface area contributed by atoms with E-state index in [9.17, 15) is 4.39 Å². The lowest BCUT2D eigenvalue weighted by molar-refractivity contribution is -0.128. The van der Waals surface area contributed by atoms with E-state index in [0.717, 1.165) is 85.5 Å². The van der Waals surface area contributed by atoms with Crippen LogP contribution in [0.3, 0.4) is 0 Å². The van der Waals surface area contributed by atoms with E-state index in [4.69, 9.17) is 14.3 Å². The minimum atomic E-state index is -0.262. The topological polar surface area (TPSA) is 46.5 Å². The van der Waals surface area contributed by atoms with Crippen LogP contribution in [-0.2, 0) is 17.8 Å². The summed E-state index contributed by atoms with van der Waals surface area (Å²) < 4.78 is 25.7. The zero-order valence-electron chi connectivity index (χ0n) is 24.2. The minimum absolute atomic E-state index is 0.213. The third-order valence-electron chi connectivity index (χ3n) is 8.46. The van der Waals surface area contributed by atoms with Crippen molar-refractivity contribution in [1.82, 2.24) is 9.80 Å². The molecule has 0 atom stereocenters. The highest BCUT2D eigenvalue weighted by molar-refractivity contribution is 5.84. The first-order valence-corrected chi connectivity index (χ1v) is 15.0. The van der Waals surface area contributed by atoms with E-state index in [-0.39, 0.29) is 11.4 Å². The third-order valence-corrected chi connectivity index (χ3v) is 8.46. The number of oxime groups is 1. The molecule has 0 N–H and O–H groups in total. The van der Waals surface area contributed by atoms with Crippen molar-refractivity contribution in [2.45, 2.75) is 51.7 Å². The monoisotopic (exact) mass is 557 g/mol. The number of nitrogens with zero attached hydrogens (tertiary/aromatic N) is 3. The van der Waals surface area contributed by atoms with Crippen molar-refractivity contribution >= 4 is 5.84 Å². The van der Waals surface area contributed by atoms with Crippen molar-refractivity contribution in [1.29, 1.82) is 0 Å². The smallest absolute Gasteiger partial charge is 0.170 e. The summed E-state index contributed by atoms with van der Waals surface area (Å²) in [6.07, 6.45) is 4.44. The van der Waals surface area contributed by atoms with Crippen molar-refractivity contribution in [3.05, 3.63) is 83.7 Å². The molecule has 6 rings (SSSR count). The Hall–Kier alpha value is -3.58. The maximum Gasteiger partial charge on any atom is 0.170 e. The van der Waals surface area contributed by atoms with Gasteiger partial charge in [-0.05, 0) is 80.0 Å². The van der Waals surface area contributed by atoms with Gasteiger partial charge in [-0.1, -0.05) is 47.6 Å². The van der Waals surface area contributed by atoms with Crippen LogP contribution in [0, 0.1) is 11.7 Å². The van der Waals surface area contributed by atoms with Crippen LogP contribution < -0.4 is 9.47 Å². The number of piperidine rings is 1. The first-order valence-electron chi connectivity index (χ1n) is 15.0. The number of halogens is 1. The van der Waals surface area contributed by atoms with Gasteiger partial charge < -0.3 is 19.2 Å². The molecule has 6 nitrogen and oxygen atoms in total. The summed E-state index contributed by atoms with van der Waals surface area (Å²) in [7, 11) is 0. The molecule has 0 amide bonds. The van der Waals surface area contributed by atoms with Gasteiger partial charge in [0.1, 0.15) is 23.2 Å². The lowest BCUT2D eigenvalue weighted by Crippen LogP contribution is -2.61. The number of rotatable bonds is 9. The van der Waals surface area contributed by atoms with Crippen LogP contribution in [0.2, 0.25) is 0 Å². The average molecular weight is 558 g/mol. The van der Waals surface area contributed by atoms with Gasteiger partial charge in [0.2, 0.25) is 0 Å². The predicted molar refractivity (Wildman–Crippen MR) is 160 cm³/mol. The van der Waals surface area contributed by atoms with Gasteiger partial charge >= 0.3 is 0 Å². The predicted octanol–water partition coefficient (Wildman–Crippen LogP) is 6.53. The zero-order chi connectivity index (χ0) is 28.2. The molecule has 0 unspecified atom stereocenters. The van der Waals surface area contributed by atoms with Crippen LogP contribution in [0.25, 0.3) is 11.1 Å². The van der Waals surface area contributed by atoms with Crippen LogP contribution in [0.1, 0.15) is 44.2 Å². The molecule has 3 aromatic rings. The van der Waals surface area contributed by atoms with E-state index in [2.05, 4.69) is 57.4 Å². The normalized spacial score (nSPS) is 18.6. The molecule has 216 valence electrons. The van der Waals surface area contributed by atoms with Crippen LogP contribution in [0.15, 0.2) is 71.9 Å². The summed E-state index contributed by atoms with van der Waals surface area (Å²) in [6.45, 7) is 9.59. The van der Waals surface area contributed by atoms with Gasteiger partial charge in [-0.2, -0.15) is 0 Å². The highest BCUT2D eigenvalue weighted by atomic mass is 19.1. The average Bonchev–Trinajstić information content (AvgIpc) is 3.41. The Kier molecular flexibility index (Phi) is 8.15. The van der Waals surface area contributed by atoms with Crippen molar-refractivity contribution in [3.63, 3.8) is 0 Å². The summed E-state index contributed by atoms with van der Waals surface area (Å²) >= 11 is 0. The molecule has 3 aromatic carbocycles. The number of ether oxygens (including phenoxy) is 2. The molecule has 0 aromatic heterocycles. The molecule has 0 bridgehead atoms. The summed E-state index contributed by atoms with van der Waals surface area (Å²) in [5.41, 5.74) is 4.09. The van der Waals surface area contributed by atoms with Crippen LogP contribution in [-0.4, -0.2) is 60.6 Å². The van der Waals surface area contributed by atoms with E-state index in [1.54, 1.807) is 12.1 Å². The van der Waals surface area contributed by atoms with Gasteiger partial charge in [0.15, 0.2) is 5.60 Å². The Morgan fingerprint density at radius 1 is 0.902 bits per heavy atom. The fourth-order valence-electron chi connectivity index (χ4n) is 6.50. The molecule has 7 heteroatoms. The highest BCUT2D eigenvalue weighted by Gasteiger charge is 2.50. The maximum absolute atomic E-state index is 13.6. The van der Waals surface area contributed by atoms with Crippen molar-refractivity contribution in [2.75, 3.05) is 39.4 Å². The molecule has 2 fully saturated rings. The quantitative estimate of drug-likeness (QED) is 0.299. The van der Waals surface area contributed by atoms with Gasteiger partial charge in [-0.25, -0.2) is 4.39 Å². The van der Waals surface area contributed by atoms with Gasteiger partial charge in [0.25, 0.3) is 0 Å². The Labute approximate surface area is 242 Å². The van der Waals surface area contributed by atoms with Crippen LogP contribution in [0.4, 0.5) is 4.39 Å². The fraction of sp³-hybridized carbons (Fsp3) is 0.441. The lowest BCUT2D eigenvalue weighted by Gasteiger charge is -2.45. The molecule has 3 aliphatic rings. The molecule has 41 heavy (non-hydrogen) atoms. The Morgan fingerprint density at radius 2 is 1.56 bits per heavy atom. The van der Waals surface area contributed by atoms with Crippen molar-refractivity contribution < 1.29 is 18.7 Å². The van der Waals surface area contributed by atoms with E-state index in [0.29, 0.717) is 13.2 Å². The number of likely N-dealkylation sites (tertiary alicyclic amines) is 2. The molecule has 0 radical (unpaired) electrons. The molecule has 2 saturated heterocycles. The Balaban J connectivity index is 1.05. The standard InChI is InChI=1S/C34H40FN3O3/c1-3-39-30-19-27(20-31(40-4-2)33(30)28-10-12-29(35)13-11-28)22-37-23-34(24-37)21-32(36-41-34)38-16-14-26(15-17-38)18-25-8-6-5-7-9-25/h5-13,19-20,26H,3-4,14-18,21-24H2,1-2H3. The second kappa shape index (κ2) is 12.1. The van der Waals surface area contributed by atoms with Crippen LogP contribution in [0.5, 0.6) is 11.5 Å². The third kappa shape index (κ3) is 6.20. The zero-order valence-corrected chi connectivity index (χ0v) is 24.2. The lowest BCUT2D eigenvalue weighted by atomic mass is 9.87. The summed E-state index contributed by atoms with van der Waals surface area (Å²) in [4.78, 5) is 10.9. The van der Waals surface area contributed by atoms with Crippen molar-refractivity contribution in [2.24, 2.45) is 11.1 Å².